The summed E-state index contributed by atoms with van der Waals surface area (Å²) in [4.78, 5) is 25.6. The average Bonchev–Trinajstić information content (AvgIpc) is 2.39. The molecule has 7 heteroatoms. The summed E-state index contributed by atoms with van der Waals surface area (Å²) < 4.78 is 0. The van der Waals surface area contributed by atoms with E-state index in [0.29, 0.717) is 12.8 Å². The molecule has 1 heterocycles. The van der Waals surface area contributed by atoms with Crippen LogP contribution in [-0.4, -0.2) is 26.5 Å². The number of hydrogen-bond donors (Lipinski definition) is 2. The molecule has 1 aliphatic carbocycles. The summed E-state index contributed by atoms with van der Waals surface area (Å²) in [7, 11) is 0. The molecule has 0 unspecified atom stereocenters. The molecule has 108 valence electrons. The van der Waals surface area contributed by atoms with E-state index < -0.39 is 16.4 Å². The van der Waals surface area contributed by atoms with Gasteiger partial charge in [0, 0.05) is 17.8 Å². The molecule has 0 atom stereocenters. The molecule has 7 nitrogen and oxygen atoms in total. The molecule has 0 spiro atoms. The number of carboxylic acids is 1. The van der Waals surface area contributed by atoms with Gasteiger partial charge in [0.05, 0.1) is 11.3 Å². The molecular weight excluding hydrogens is 262 g/mol. The van der Waals surface area contributed by atoms with Crippen molar-refractivity contribution in [2.24, 2.45) is 0 Å². The van der Waals surface area contributed by atoms with Crippen LogP contribution in [0.25, 0.3) is 0 Å². The Labute approximate surface area is 116 Å². The third kappa shape index (κ3) is 3.23. The smallest absolute Gasteiger partial charge is 0.311 e. The van der Waals surface area contributed by atoms with Gasteiger partial charge in [-0.3, -0.25) is 14.9 Å². The van der Waals surface area contributed by atoms with Crippen LogP contribution in [0.3, 0.4) is 0 Å². The quantitative estimate of drug-likeness (QED) is 0.634. The lowest BCUT2D eigenvalue weighted by Crippen LogP contribution is -2.42. The van der Waals surface area contributed by atoms with Gasteiger partial charge in [-0.2, -0.15) is 0 Å². The predicted octanol–water partition coefficient (Wildman–Crippen LogP) is 2.58. The normalized spacial score (nSPS) is 17.4. The molecule has 0 amide bonds. The molecule has 0 bridgehead atoms. The molecule has 1 aromatic heterocycles. The lowest BCUT2D eigenvalue weighted by Gasteiger charge is -2.37. The second kappa shape index (κ2) is 5.85. The van der Waals surface area contributed by atoms with Crippen LogP contribution in [0.4, 0.5) is 11.5 Å². The molecule has 2 N–H and O–H groups in total. The second-order valence-electron chi connectivity index (χ2n) is 5.16. The molecule has 2 rings (SSSR count). The standard InChI is InChI=1S/C13H17N3O4/c17-11(18)9-13(6-2-1-3-7-13)15-12-10(16(19)20)5-4-8-14-12/h4-5,8H,1-3,6-7,9H2,(H,14,15)(H,17,18). The van der Waals surface area contributed by atoms with Crippen molar-refractivity contribution in [3.05, 3.63) is 28.4 Å². The summed E-state index contributed by atoms with van der Waals surface area (Å²) in [5.41, 5.74) is -0.758. The van der Waals surface area contributed by atoms with E-state index in [-0.39, 0.29) is 17.9 Å². The van der Waals surface area contributed by atoms with Crippen LogP contribution in [-0.2, 0) is 4.79 Å². The van der Waals surface area contributed by atoms with Gasteiger partial charge in [-0.15, -0.1) is 0 Å². The minimum atomic E-state index is -0.905. The number of aliphatic carboxylic acids is 1. The number of anilines is 1. The number of pyridine rings is 1. The van der Waals surface area contributed by atoms with Crippen molar-refractivity contribution in [2.75, 3.05) is 5.32 Å². The lowest BCUT2D eigenvalue weighted by atomic mass is 9.79. The van der Waals surface area contributed by atoms with Crippen molar-refractivity contribution < 1.29 is 14.8 Å². The molecule has 20 heavy (non-hydrogen) atoms. The van der Waals surface area contributed by atoms with Crippen LogP contribution in [0.1, 0.15) is 38.5 Å². The number of rotatable bonds is 5. The third-order valence-corrected chi connectivity index (χ3v) is 3.67. The Morgan fingerprint density at radius 2 is 2.15 bits per heavy atom. The topological polar surface area (TPSA) is 105 Å². The van der Waals surface area contributed by atoms with Gasteiger partial charge in [0.25, 0.3) is 0 Å². The lowest BCUT2D eigenvalue weighted by molar-refractivity contribution is -0.384. The van der Waals surface area contributed by atoms with E-state index >= 15 is 0 Å². The Kier molecular flexibility index (Phi) is 4.16. The largest absolute Gasteiger partial charge is 0.481 e. The maximum absolute atomic E-state index is 11.1. The highest BCUT2D eigenvalue weighted by atomic mass is 16.6. The first-order chi connectivity index (χ1) is 9.52. The van der Waals surface area contributed by atoms with Crippen LogP contribution < -0.4 is 5.32 Å². The summed E-state index contributed by atoms with van der Waals surface area (Å²) in [6.07, 6.45) is 5.68. The Morgan fingerprint density at radius 3 is 2.75 bits per heavy atom. The highest BCUT2D eigenvalue weighted by molar-refractivity contribution is 5.70. The van der Waals surface area contributed by atoms with E-state index in [1.165, 1.54) is 18.3 Å². The van der Waals surface area contributed by atoms with Crippen molar-refractivity contribution in [3.8, 4) is 0 Å². The fourth-order valence-corrected chi connectivity index (χ4v) is 2.76. The number of hydrogen-bond acceptors (Lipinski definition) is 5. The zero-order valence-electron chi connectivity index (χ0n) is 11.0. The predicted molar refractivity (Wildman–Crippen MR) is 72.6 cm³/mol. The fourth-order valence-electron chi connectivity index (χ4n) is 2.76. The maximum atomic E-state index is 11.1. The summed E-state index contributed by atoms with van der Waals surface area (Å²) >= 11 is 0. The van der Waals surface area contributed by atoms with Crippen LogP contribution in [0.5, 0.6) is 0 Å². The molecule has 1 saturated carbocycles. The van der Waals surface area contributed by atoms with Gasteiger partial charge in [0.15, 0.2) is 0 Å². The van der Waals surface area contributed by atoms with E-state index in [4.69, 9.17) is 5.11 Å². The number of aromatic nitrogens is 1. The van der Waals surface area contributed by atoms with Crippen molar-refractivity contribution in [2.45, 2.75) is 44.1 Å². The van der Waals surface area contributed by atoms with E-state index in [2.05, 4.69) is 10.3 Å². The molecule has 0 saturated heterocycles. The van der Waals surface area contributed by atoms with E-state index in [9.17, 15) is 14.9 Å². The highest BCUT2D eigenvalue weighted by Crippen LogP contribution is 2.36. The summed E-state index contributed by atoms with van der Waals surface area (Å²) in [5, 5.41) is 23.1. The van der Waals surface area contributed by atoms with Gasteiger partial charge in [0.2, 0.25) is 5.82 Å². The molecule has 1 fully saturated rings. The van der Waals surface area contributed by atoms with Crippen LogP contribution in [0.2, 0.25) is 0 Å². The Morgan fingerprint density at radius 1 is 1.45 bits per heavy atom. The molecule has 1 aliphatic rings. The first-order valence-corrected chi connectivity index (χ1v) is 6.62. The van der Waals surface area contributed by atoms with E-state index in [0.717, 1.165) is 19.3 Å². The number of nitrogens with zero attached hydrogens (tertiary/aromatic N) is 2. The Balaban J connectivity index is 2.28. The van der Waals surface area contributed by atoms with Crippen molar-refractivity contribution in [1.82, 2.24) is 4.98 Å². The molecular formula is C13H17N3O4. The minimum absolute atomic E-state index is 0.0548. The average molecular weight is 279 g/mol. The molecule has 1 aromatic rings. The van der Waals surface area contributed by atoms with Crippen LogP contribution >= 0.6 is 0 Å². The van der Waals surface area contributed by atoms with Crippen LogP contribution in [0.15, 0.2) is 18.3 Å². The minimum Gasteiger partial charge on any atom is -0.481 e. The fraction of sp³-hybridized carbons (Fsp3) is 0.538. The van der Waals surface area contributed by atoms with Gasteiger partial charge >= 0.3 is 11.7 Å². The van der Waals surface area contributed by atoms with E-state index in [1.54, 1.807) is 0 Å². The number of carboxylic acid groups (broad SMARTS) is 1. The monoisotopic (exact) mass is 279 g/mol. The Bertz CT molecular complexity index is 512. The van der Waals surface area contributed by atoms with Gasteiger partial charge in [-0.1, -0.05) is 19.3 Å². The first-order valence-electron chi connectivity index (χ1n) is 6.62. The van der Waals surface area contributed by atoms with Crippen molar-refractivity contribution in [1.29, 1.82) is 0 Å². The Hall–Kier alpha value is -2.18. The number of nitrogens with one attached hydrogen (secondary N) is 1. The van der Waals surface area contributed by atoms with Crippen LogP contribution in [0, 0.1) is 10.1 Å². The van der Waals surface area contributed by atoms with Crippen molar-refractivity contribution >= 4 is 17.5 Å². The molecule has 0 aromatic carbocycles. The summed E-state index contributed by atoms with van der Waals surface area (Å²) in [5.74, 6) is -0.751. The molecule has 0 aliphatic heterocycles. The SMILES string of the molecule is O=C(O)CC1(Nc2ncccc2[N+](=O)[O-])CCCCC1. The summed E-state index contributed by atoms with van der Waals surface area (Å²) in [6.45, 7) is 0. The number of carbonyl (C=O) groups is 1. The van der Waals surface area contributed by atoms with Gasteiger partial charge < -0.3 is 10.4 Å². The second-order valence-corrected chi connectivity index (χ2v) is 5.16. The third-order valence-electron chi connectivity index (χ3n) is 3.67. The summed E-state index contributed by atoms with van der Waals surface area (Å²) in [6, 6.07) is 2.86. The first kappa shape index (κ1) is 14.2. The van der Waals surface area contributed by atoms with E-state index in [1.807, 2.05) is 0 Å². The maximum Gasteiger partial charge on any atom is 0.311 e. The molecule has 0 radical (unpaired) electrons. The number of nitro groups is 1. The zero-order chi connectivity index (χ0) is 14.6. The van der Waals surface area contributed by atoms with Crippen molar-refractivity contribution in [3.63, 3.8) is 0 Å². The zero-order valence-corrected chi connectivity index (χ0v) is 11.0. The highest BCUT2D eigenvalue weighted by Gasteiger charge is 2.36. The van der Waals surface area contributed by atoms with Gasteiger partial charge in [-0.25, -0.2) is 4.98 Å². The van der Waals surface area contributed by atoms with Gasteiger partial charge in [0.1, 0.15) is 0 Å². The van der Waals surface area contributed by atoms with Gasteiger partial charge in [-0.05, 0) is 18.9 Å².